The highest BCUT2D eigenvalue weighted by Gasteiger charge is 2.60. The second-order valence-electron chi connectivity index (χ2n) is 10.0. The molecule has 0 aromatic heterocycles. The topological polar surface area (TPSA) is 213 Å². The molecule has 0 radical (unpaired) electrons. The van der Waals surface area contributed by atoms with Gasteiger partial charge in [-0.25, -0.2) is 4.79 Å². The molecule has 1 N–H and O–H groups in total. The van der Waals surface area contributed by atoms with E-state index in [0.29, 0.717) is 0 Å². The monoisotopic (exact) mass is 617 g/mol. The molecule has 1 aliphatic heterocycles. The van der Waals surface area contributed by atoms with Crippen molar-refractivity contribution in [1.29, 1.82) is 0 Å². The smallest absolute Gasteiger partial charge is 0.380 e. The molecule has 0 saturated carbocycles. The van der Waals surface area contributed by atoms with Crippen molar-refractivity contribution < 1.29 is 71.5 Å². The summed E-state index contributed by atoms with van der Waals surface area (Å²) in [5.41, 5.74) is 0. The molecule has 0 spiro atoms. The number of rotatable bonds is 14. The molecule has 1 aliphatic rings. The lowest BCUT2D eigenvalue weighted by Crippen LogP contribution is -2.69. The zero-order valence-corrected chi connectivity index (χ0v) is 25.4. The Labute approximate surface area is 248 Å². The van der Waals surface area contributed by atoms with Crippen molar-refractivity contribution in [3.8, 4) is 0 Å². The number of nitrogens with one attached hydrogen (secondary N) is 1. The Kier molecular flexibility index (Phi) is 14.2. The van der Waals surface area contributed by atoms with E-state index < -0.39 is 97.6 Å². The zero-order chi connectivity index (χ0) is 33.1. The Morgan fingerprint density at radius 3 is 1.88 bits per heavy atom. The molecule has 1 amide bonds. The maximum Gasteiger partial charge on any atom is 0.380 e. The van der Waals surface area contributed by atoms with E-state index in [1.54, 1.807) is 13.8 Å². The summed E-state index contributed by atoms with van der Waals surface area (Å²) >= 11 is 0. The second kappa shape index (κ2) is 16.5. The molecule has 16 heteroatoms. The summed E-state index contributed by atoms with van der Waals surface area (Å²) in [6.07, 6.45) is -7.51. The molecule has 0 aromatic carbocycles. The molecule has 0 aromatic rings. The van der Waals surface area contributed by atoms with E-state index in [0.717, 1.165) is 41.5 Å². The Morgan fingerprint density at radius 1 is 0.814 bits per heavy atom. The van der Waals surface area contributed by atoms with E-state index in [2.05, 4.69) is 5.32 Å². The third kappa shape index (κ3) is 12.0. The van der Waals surface area contributed by atoms with Crippen molar-refractivity contribution in [3.05, 3.63) is 0 Å². The van der Waals surface area contributed by atoms with E-state index in [1.807, 2.05) is 0 Å². The van der Waals surface area contributed by atoms with E-state index in [1.165, 1.54) is 0 Å². The van der Waals surface area contributed by atoms with Gasteiger partial charge < -0.3 is 38.5 Å². The van der Waals surface area contributed by atoms with E-state index in [-0.39, 0.29) is 18.1 Å². The van der Waals surface area contributed by atoms with Crippen LogP contribution in [0.1, 0.15) is 68.2 Å². The molecule has 16 nitrogen and oxygen atoms in total. The first-order valence-electron chi connectivity index (χ1n) is 13.4. The lowest BCUT2D eigenvalue weighted by molar-refractivity contribution is -0.305. The van der Waals surface area contributed by atoms with Gasteiger partial charge in [-0.2, -0.15) is 0 Å². The van der Waals surface area contributed by atoms with Crippen molar-refractivity contribution in [3.63, 3.8) is 0 Å². The van der Waals surface area contributed by atoms with Gasteiger partial charge in [-0.1, -0.05) is 13.8 Å². The lowest BCUT2D eigenvalue weighted by atomic mass is 9.88. The lowest BCUT2D eigenvalue weighted by Gasteiger charge is -2.48. The van der Waals surface area contributed by atoms with Crippen molar-refractivity contribution in [2.45, 2.75) is 104 Å². The van der Waals surface area contributed by atoms with E-state index in [9.17, 15) is 38.4 Å². The highest BCUT2D eigenvalue weighted by atomic mass is 16.8. The van der Waals surface area contributed by atoms with Crippen LogP contribution in [0, 0.1) is 5.92 Å². The molecular formula is C27H39NO15. The molecule has 43 heavy (non-hydrogen) atoms. The first kappa shape index (κ1) is 36.9. The highest BCUT2D eigenvalue weighted by molar-refractivity contribution is 5.83. The Hall–Kier alpha value is -4.08. The molecule has 0 aliphatic carbocycles. The number of ketones is 1. The molecule has 1 fully saturated rings. The van der Waals surface area contributed by atoms with E-state index in [4.69, 9.17) is 33.2 Å². The van der Waals surface area contributed by atoms with Gasteiger partial charge >= 0.3 is 41.6 Å². The molecule has 242 valence electrons. The van der Waals surface area contributed by atoms with Gasteiger partial charge in [-0.15, -0.1) is 0 Å². The molecule has 1 unspecified atom stereocenters. The normalized spacial score (nSPS) is 22.7. The van der Waals surface area contributed by atoms with Crippen molar-refractivity contribution >= 4 is 47.5 Å². The fraction of sp³-hybridized carbons (Fsp3) is 0.704. The van der Waals surface area contributed by atoms with Crippen LogP contribution in [-0.2, 0) is 71.5 Å². The van der Waals surface area contributed by atoms with Crippen LogP contribution in [-0.4, -0.2) is 97.0 Å². The molecule has 1 rings (SSSR count). The summed E-state index contributed by atoms with van der Waals surface area (Å²) in [7, 11) is 0. The number of ether oxygens (including phenoxy) is 7. The maximum absolute atomic E-state index is 13.5. The summed E-state index contributed by atoms with van der Waals surface area (Å²) in [6.45, 7) is 8.33. The van der Waals surface area contributed by atoms with Crippen LogP contribution in [0.4, 0.5) is 0 Å². The van der Waals surface area contributed by atoms with Gasteiger partial charge in [0, 0.05) is 53.9 Å². The minimum atomic E-state index is -2.67. The molecule has 6 atom stereocenters. The summed E-state index contributed by atoms with van der Waals surface area (Å²) in [6, 6.07) is -1.42. The Bertz CT molecular complexity index is 1090. The Balaban J connectivity index is 3.81. The quantitative estimate of drug-likeness (QED) is 0.201. The molecule has 0 bridgehead atoms. The third-order valence-electron chi connectivity index (χ3n) is 5.84. The van der Waals surface area contributed by atoms with E-state index >= 15 is 0 Å². The molecule has 1 heterocycles. The van der Waals surface area contributed by atoms with Crippen molar-refractivity contribution in [2.24, 2.45) is 5.92 Å². The van der Waals surface area contributed by atoms with Gasteiger partial charge in [0.05, 0.1) is 19.1 Å². The van der Waals surface area contributed by atoms with Crippen LogP contribution in [0.25, 0.3) is 0 Å². The van der Waals surface area contributed by atoms with Crippen LogP contribution in [0.2, 0.25) is 0 Å². The summed E-state index contributed by atoms with van der Waals surface area (Å²) in [5.74, 6) is -9.85. The number of esters is 6. The van der Waals surface area contributed by atoms with Crippen molar-refractivity contribution in [1.82, 2.24) is 5.32 Å². The average Bonchev–Trinajstić information content (AvgIpc) is 2.85. The zero-order valence-electron chi connectivity index (χ0n) is 25.4. The largest absolute Gasteiger partial charge is 0.462 e. The van der Waals surface area contributed by atoms with Crippen LogP contribution in [0.15, 0.2) is 0 Å². The molecule has 1 saturated heterocycles. The van der Waals surface area contributed by atoms with Crippen LogP contribution >= 0.6 is 0 Å². The number of carbonyl (C=O) groups excluding carboxylic acids is 8. The average molecular weight is 618 g/mol. The predicted octanol–water partition coefficient (Wildman–Crippen LogP) is 0.0560. The second-order valence-corrected chi connectivity index (χ2v) is 10.0. The standard InChI is InChI=1S/C27H39NO15/c1-13(2)20(35)9-10-37-26(36)27(42-19(8)34)11-21(39-16(5)31)23(28-14(3)29)25(43-27)24(41-18(7)33)22(40-17(6)32)12-38-15(4)30/h13,21-25H,9-12H2,1-8H3,(H,28,29)/t21-,22-,23-,24-,25?,27+/m1/s1. The van der Waals surface area contributed by atoms with Gasteiger partial charge in [0.1, 0.15) is 24.6 Å². The van der Waals surface area contributed by atoms with Gasteiger partial charge in [0.25, 0.3) is 0 Å². The van der Waals surface area contributed by atoms with Crippen molar-refractivity contribution in [2.75, 3.05) is 13.2 Å². The summed E-state index contributed by atoms with van der Waals surface area (Å²) in [4.78, 5) is 98.0. The minimum Gasteiger partial charge on any atom is -0.462 e. The number of hydrogen-bond acceptors (Lipinski definition) is 15. The number of hydrogen-bond donors (Lipinski definition) is 1. The van der Waals surface area contributed by atoms with Gasteiger partial charge in [0.2, 0.25) is 5.91 Å². The van der Waals surface area contributed by atoms with Crippen LogP contribution in [0.3, 0.4) is 0 Å². The summed E-state index contributed by atoms with van der Waals surface area (Å²) in [5, 5.41) is 2.50. The van der Waals surface area contributed by atoms with Crippen LogP contribution < -0.4 is 5.32 Å². The maximum atomic E-state index is 13.5. The van der Waals surface area contributed by atoms with Gasteiger partial charge in [-0.3, -0.25) is 33.6 Å². The van der Waals surface area contributed by atoms with Gasteiger partial charge in [-0.05, 0) is 0 Å². The summed E-state index contributed by atoms with van der Waals surface area (Å²) < 4.78 is 37.6. The first-order valence-corrected chi connectivity index (χ1v) is 13.4. The third-order valence-corrected chi connectivity index (χ3v) is 5.84. The van der Waals surface area contributed by atoms with Gasteiger partial charge in [0.15, 0.2) is 12.2 Å². The molecular weight excluding hydrogens is 578 g/mol. The Morgan fingerprint density at radius 2 is 1.42 bits per heavy atom. The number of amides is 1. The highest BCUT2D eigenvalue weighted by Crippen LogP contribution is 2.37. The number of carbonyl (C=O) groups is 8. The SMILES string of the molecule is CC(=O)N[C@H]1C([C@H](OC(C)=O)[C@@H](COC(C)=O)OC(C)=O)O[C@](OC(C)=O)(C(=O)OCCC(=O)C(C)C)C[C@H]1OC(C)=O. The first-order chi connectivity index (χ1) is 19.9. The minimum absolute atomic E-state index is 0.183. The fourth-order valence-electron chi connectivity index (χ4n) is 4.22. The fourth-order valence-corrected chi connectivity index (χ4v) is 4.22. The predicted molar refractivity (Wildman–Crippen MR) is 140 cm³/mol. The van der Waals surface area contributed by atoms with Crippen LogP contribution in [0.5, 0.6) is 0 Å². The number of Topliss-reactive ketones (excluding diaryl/α,β-unsaturated/α-hetero) is 1.